The first kappa shape index (κ1) is 16.9. The summed E-state index contributed by atoms with van der Waals surface area (Å²) in [5.41, 5.74) is 0. The molecule has 1 N–H and O–H groups in total. The molecule has 0 aromatic heterocycles. The van der Waals surface area contributed by atoms with Crippen LogP contribution < -0.4 is 0 Å². The summed E-state index contributed by atoms with van der Waals surface area (Å²) >= 11 is 0. The number of hydrogen-bond donors (Lipinski definition) is 1. The second kappa shape index (κ2) is 9.73. The molecule has 0 radical (unpaired) electrons. The van der Waals surface area contributed by atoms with Crippen molar-refractivity contribution in [3.05, 3.63) is 0 Å². The van der Waals surface area contributed by atoms with Crippen molar-refractivity contribution in [1.29, 1.82) is 0 Å². The molecule has 2 atom stereocenters. The fraction of sp³-hybridized carbons (Fsp3) is 1.00. The Morgan fingerprint density at radius 1 is 1.05 bits per heavy atom. The molecule has 1 aliphatic heterocycles. The number of aliphatic hydroxyl groups is 1. The summed E-state index contributed by atoms with van der Waals surface area (Å²) in [6.45, 7) is 5.53. The van der Waals surface area contributed by atoms with Crippen molar-refractivity contribution < 1.29 is 5.11 Å². The minimum absolute atomic E-state index is 0.156. The van der Waals surface area contributed by atoms with Crippen LogP contribution in [0.3, 0.4) is 0 Å². The van der Waals surface area contributed by atoms with Crippen LogP contribution in [0.4, 0.5) is 0 Å². The van der Waals surface area contributed by atoms with Crippen LogP contribution in [-0.2, 0) is 0 Å². The van der Waals surface area contributed by atoms with E-state index in [0.29, 0.717) is 6.04 Å². The minimum atomic E-state index is -0.156. The summed E-state index contributed by atoms with van der Waals surface area (Å²) in [6.07, 6.45) is 9.85. The lowest BCUT2D eigenvalue weighted by atomic mass is 10.0. The van der Waals surface area contributed by atoms with Crippen molar-refractivity contribution in [2.75, 3.05) is 33.7 Å². The van der Waals surface area contributed by atoms with Crippen LogP contribution in [0.25, 0.3) is 0 Å². The van der Waals surface area contributed by atoms with E-state index in [-0.39, 0.29) is 6.10 Å². The number of likely N-dealkylation sites (N-methyl/N-ethyl adjacent to an activating group) is 2. The van der Waals surface area contributed by atoms with Gasteiger partial charge in [0.25, 0.3) is 0 Å². The van der Waals surface area contributed by atoms with E-state index in [0.717, 1.165) is 26.1 Å². The predicted molar refractivity (Wildman–Crippen MR) is 82.5 cm³/mol. The van der Waals surface area contributed by atoms with Gasteiger partial charge >= 0.3 is 0 Å². The lowest BCUT2D eigenvalue weighted by Crippen LogP contribution is -2.46. The third kappa shape index (κ3) is 6.73. The van der Waals surface area contributed by atoms with Gasteiger partial charge in [-0.05, 0) is 40.0 Å². The van der Waals surface area contributed by atoms with Gasteiger partial charge in [0.1, 0.15) is 0 Å². The topological polar surface area (TPSA) is 26.7 Å². The maximum Gasteiger partial charge on any atom is 0.0707 e. The van der Waals surface area contributed by atoms with Crippen LogP contribution in [-0.4, -0.2) is 60.8 Å². The molecule has 0 aromatic carbocycles. The number of nitrogens with zero attached hydrogens (tertiary/aromatic N) is 2. The monoisotopic (exact) mass is 270 g/mol. The molecule has 114 valence electrons. The van der Waals surface area contributed by atoms with E-state index in [9.17, 15) is 5.11 Å². The van der Waals surface area contributed by atoms with Crippen LogP contribution >= 0.6 is 0 Å². The van der Waals surface area contributed by atoms with Gasteiger partial charge < -0.3 is 10.0 Å². The Hall–Kier alpha value is -0.120. The SMILES string of the molecule is CCCCCCCCC(O)C1CN(C)CCCN1C. The molecule has 3 heteroatoms. The fourth-order valence-corrected chi connectivity index (χ4v) is 3.05. The zero-order valence-electron chi connectivity index (χ0n) is 13.3. The Morgan fingerprint density at radius 3 is 2.47 bits per heavy atom. The predicted octanol–water partition coefficient (Wildman–Crippen LogP) is 2.73. The maximum atomic E-state index is 10.4. The van der Waals surface area contributed by atoms with Crippen LogP contribution in [0.15, 0.2) is 0 Å². The highest BCUT2D eigenvalue weighted by atomic mass is 16.3. The lowest BCUT2D eigenvalue weighted by molar-refractivity contribution is 0.0501. The van der Waals surface area contributed by atoms with Gasteiger partial charge in [-0.2, -0.15) is 0 Å². The van der Waals surface area contributed by atoms with Crippen molar-refractivity contribution in [3.63, 3.8) is 0 Å². The Labute approximate surface area is 120 Å². The summed E-state index contributed by atoms with van der Waals surface area (Å²) in [7, 11) is 4.33. The molecule has 19 heavy (non-hydrogen) atoms. The van der Waals surface area contributed by atoms with Crippen molar-refractivity contribution in [3.8, 4) is 0 Å². The highest BCUT2D eigenvalue weighted by Crippen LogP contribution is 2.16. The second-order valence-corrected chi connectivity index (χ2v) is 6.29. The number of aliphatic hydroxyl groups excluding tert-OH is 1. The molecular weight excluding hydrogens is 236 g/mol. The molecule has 0 aliphatic carbocycles. The molecule has 1 heterocycles. The van der Waals surface area contributed by atoms with Gasteiger partial charge in [-0.25, -0.2) is 0 Å². The third-order valence-corrected chi connectivity index (χ3v) is 4.41. The van der Waals surface area contributed by atoms with Gasteiger partial charge in [0.2, 0.25) is 0 Å². The Kier molecular flexibility index (Phi) is 8.67. The standard InChI is InChI=1S/C16H34N2O/c1-4-5-6-7-8-9-11-16(19)15-14-17(2)12-10-13-18(15)3/h15-16,19H,4-14H2,1-3H3. The van der Waals surface area contributed by atoms with E-state index in [2.05, 4.69) is 30.8 Å². The number of rotatable bonds is 8. The average Bonchev–Trinajstić information content (AvgIpc) is 2.55. The quantitative estimate of drug-likeness (QED) is 0.687. The summed E-state index contributed by atoms with van der Waals surface area (Å²) in [5.74, 6) is 0. The molecule has 1 saturated heterocycles. The largest absolute Gasteiger partial charge is 0.391 e. The van der Waals surface area contributed by atoms with Gasteiger partial charge in [0, 0.05) is 12.6 Å². The average molecular weight is 270 g/mol. The number of unbranched alkanes of at least 4 members (excludes halogenated alkanes) is 5. The first-order valence-electron chi connectivity index (χ1n) is 8.22. The molecule has 0 aromatic rings. The molecule has 0 bridgehead atoms. The summed E-state index contributed by atoms with van der Waals surface area (Å²) in [4.78, 5) is 4.71. The Morgan fingerprint density at radius 2 is 1.74 bits per heavy atom. The molecular formula is C16H34N2O. The van der Waals surface area contributed by atoms with E-state index in [1.807, 2.05) is 0 Å². The van der Waals surface area contributed by atoms with Crippen molar-refractivity contribution in [2.24, 2.45) is 0 Å². The summed E-state index contributed by atoms with van der Waals surface area (Å²) < 4.78 is 0. The Bertz CT molecular complexity index is 223. The van der Waals surface area contributed by atoms with E-state index >= 15 is 0 Å². The van der Waals surface area contributed by atoms with Gasteiger partial charge in [-0.3, -0.25) is 4.90 Å². The molecule has 2 unspecified atom stereocenters. The highest BCUT2D eigenvalue weighted by molar-refractivity contribution is 4.82. The summed E-state index contributed by atoms with van der Waals surface area (Å²) in [5, 5.41) is 10.4. The van der Waals surface area contributed by atoms with E-state index in [1.165, 1.54) is 44.9 Å². The second-order valence-electron chi connectivity index (χ2n) is 6.29. The zero-order valence-corrected chi connectivity index (χ0v) is 13.3. The third-order valence-electron chi connectivity index (χ3n) is 4.41. The molecule has 1 fully saturated rings. The summed E-state index contributed by atoms with van der Waals surface area (Å²) in [6, 6.07) is 0.322. The molecule has 3 nitrogen and oxygen atoms in total. The van der Waals surface area contributed by atoms with Crippen LogP contribution in [0, 0.1) is 0 Å². The lowest BCUT2D eigenvalue weighted by Gasteiger charge is -2.31. The molecule has 0 amide bonds. The molecule has 1 rings (SSSR count). The zero-order chi connectivity index (χ0) is 14.1. The normalized spacial score (nSPS) is 24.3. The molecule has 0 spiro atoms. The Balaban J connectivity index is 2.20. The van der Waals surface area contributed by atoms with Crippen molar-refractivity contribution in [1.82, 2.24) is 9.80 Å². The first-order chi connectivity index (χ1) is 9.15. The van der Waals surface area contributed by atoms with E-state index in [4.69, 9.17) is 0 Å². The smallest absolute Gasteiger partial charge is 0.0707 e. The number of hydrogen-bond acceptors (Lipinski definition) is 3. The van der Waals surface area contributed by atoms with Gasteiger partial charge in [0.05, 0.1) is 6.10 Å². The van der Waals surface area contributed by atoms with Crippen LogP contribution in [0.2, 0.25) is 0 Å². The first-order valence-corrected chi connectivity index (χ1v) is 8.22. The maximum absolute atomic E-state index is 10.4. The van der Waals surface area contributed by atoms with Crippen LogP contribution in [0.5, 0.6) is 0 Å². The molecule has 0 saturated carbocycles. The molecule has 1 aliphatic rings. The van der Waals surface area contributed by atoms with E-state index in [1.54, 1.807) is 0 Å². The van der Waals surface area contributed by atoms with Crippen molar-refractivity contribution in [2.45, 2.75) is 70.4 Å². The highest BCUT2D eigenvalue weighted by Gasteiger charge is 2.26. The van der Waals surface area contributed by atoms with Crippen LogP contribution in [0.1, 0.15) is 58.3 Å². The van der Waals surface area contributed by atoms with Crippen molar-refractivity contribution >= 4 is 0 Å². The van der Waals surface area contributed by atoms with Gasteiger partial charge in [-0.1, -0.05) is 45.4 Å². The fourth-order valence-electron chi connectivity index (χ4n) is 3.05. The minimum Gasteiger partial charge on any atom is -0.391 e. The van der Waals surface area contributed by atoms with Gasteiger partial charge in [0.15, 0.2) is 0 Å². The van der Waals surface area contributed by atoms with Gasteiger partial charge in [-0.15, -0.1) is 0 Å². The van der Waals surface area contributed by atoms with E-state index < -0.39 is 0 Å².